The van der Waals surface area contributed by atoms with E-state index in [4.69, 9.17) is 9.47 Å². The maximum atomic E-state index is 12.8. The number of nitrogens with zero attached hydrogens (tertiary/aromatic N) is 2. The number of ketones is 1. The Morgan fingerprint density at radius 3 is 2.39 bits per heavy atom. The molecule has 1 aromatic heterocycles. The minimum Gasteiger partial charge on any atom is -0.375 e. The van der Waals surface area contributed by atoms with Gasteiger partial charge in [0, 0.05) is 18.1 Å². The van der Waals surface area contributed by atoms with Gasteiger partial charge in [0.15, 0.2) is 5.78 Å². The topological polar surface area (TPSA) is 61.3 Å². The molecule has 2 atom stereocenters. The van der Waals surface area contributed by atoms with Crippen molar-refractivity contribution in [2.75, 3.05) is 12.4 Å². The van der Waals surface area contributed by atoms with Crippen LogP contribution < -0.4 is 0 Å². The van der Waals surface area contributed by atoms with Gasteiger partial charge < -0.3 is 9.47 Å². The number of carbonyl (C=O) groups excluding carboxylic acids is 1. The lowest BCUT2D eigenvalue weighted by Crippen LogP contribution is -2.39. The number of carbonyl (C=O) groups is 1. The molecule has 1 aromatic rings. The average Bonchev–Trinajstić information content (AvgIpc) is 2.78. The zero-order chi connectivity index (χ0) is 27.5. The fourth-order valence-electron chi connectivity index (χ4n) is 3.46. The number of aryl methyl sites for hydroxylation is 1. The van der Waals surface area contributed by atoms with Gasteiger partial charge in [-0.1, -0.05) is 53.0 Å². The highest BCUT2D eigenvalue weighted by Gasteiger charge is 2.33. The van der Waals surface area contributed by atoms with E-state index < -0.39 is 0 Å². The third-order valence-corrected chi connectivity index (χ3v) is 7.87. The van der Waals surface area contributed by atoms with E-state index in [0.29, 0.717) is 24.6 Å². The fourth-order valence-corrected chi connectivity index (χ4v) is 4.54. The van der Waals surface area contributed by atoms with Gasteiger partial charge in [-0.05, 0) is 65.9 Å². The molecule has 6 heteroatoms. The molecule has 0 aromatic carbocycles. The second kappa shape index (κ2) is 15.2. The average molecular weight is 521 g/mol. The van der Waals surface area contributed by atoms with Crippen molar-refractivity contribution in [2.45, 2.75) is 125 Å². The van der Waals surface area contributed by atoms with Crippen LogP contribution in [0, 0.1) is 18.3 Å². The zero-order valence-corrected chi connectivity index (χ0v) is 25.7. The number of allylic oxidation sites excluding steroid dienone is 1. The zero-order valence-electron chi connectivity index (χ0n) is 24.9. The van der Waals surface area contributed by atoms with Crippen LogP contribution in [0.5, 0.6) is 0 Å². The van der Waals surface area contributed by atoms with Gasteiger partial charge in [0.2, 0.25) is 0 Å². The van der Waals surface area contributed by atoms with Crippen LogP contribution in [0.1, 0.15) is 123 Å². The molecular formula is C30H52N2O3S. The Morgan fingerprint density at radius 1 is 1.28 bits per heavy atom. The van der Waals surface area contributed by atoms with Crippen LogP contribution in [0.4, 0.5) is 0 Å². The van der Waals surface area contributed by atoms with Crippen molar-refractivity contribution in [1.82, 2.24) is 9.97 Å². The Hall–Kier alpha value is -1.24. The van der Waals surface area contributed by atoms with Crippen LogP contribution in [-0.2, 0) is 9.47 Å². The van der Waals surface area contributed by atoms with E-state index >= 15 is 0 Å². The first-order valence-corrected chi connectivity index (χ1v) is 14.7. The van der Waals surface area contributed by atoms with Gasteiger partial charge in [0.25, 0.3) is 0 Å². The van der Waals surface area contributed by atoms with E-state index in [-0.39, 0.29) is 28.3 Å². The first-order valence-electron chi connectivity index (χ1n) is 13.7. The quantitative estimate of drug-likeness (QED) is 0.289. The molecule has 206 valence electrons. The number of thioether (sulfide) groups is 1. The molecule has 2 unspecified atom stereocenters. The highest BCUT2D eigenvalue weighted by Crippen LogP contribution is 2.36. The lowest BCUT2D eigenvalue weighted by Gasteiger charge is -2.38. The molecule has 0 saturated carbocycles. The molecule has 0 spiro atoms. The van der Waals surface area contributed by atoms with Crippen LogP contribution in [0.2, 0.25) is 0 Å². The van der Waals surface area contributed by atoms with Crippen LogP contribution in [0.3, 0.4) is 0 Å². The first-order chi connectivity index (χ1) is 16.7. The molecular weight excluding hydrogens is 468 g/mol. The standard InChI is InChI=1S/C26H42N2O3S.C4H10/c1-17(2)31-24(20-15-30-26(8,9)32-16-20)12-10-11-23(29)22-14-27-21(19(4)28-22)13-18(3)25(5,6)7;1-3-4-2/h13-14,17,20,24H,10-12,15-16H2,1-9H3;3-4H2,1-2H3/b18-13+;. The van der Waals surface area contributed by atoms with Crippen LogP contribution in [0.15, 0.2) is 11.8 Å². The van der Waals surface area contributed by atoms with E-state index in [1.807, 2.05) is 18.7 Å². The molecule has 36 heavy (non-hydrogen) atoms. The maximum Gasteiger partial charge on any atom is 0.182 e. The van der Waals surface area contributed by atoms with Gasteiger partial charge in [0.1, 0.15) is 10.6 Å². The molecule has 0 radical (unpaired) electrons. The van der Waals surface area contributed by atoms with Gasteiger partial charge >= 0.3 is 0 Å². The number of aromatic nitrogens is 2. The summed E-state index contributed by atoms with van der Waals surface area (Å²) >= 11 is 1.84. The third kappa shape index (κ3) is 11.9. The molecule has 0 bridgehead atoms. The Morgan fingerprint density at radius 2 is 1.92 bits per heavy atom. The molecule has 1 aliphatic rings. The number of hydrogen-bond acceptors (Lipinski definition) is 6. The van der Waals surface area contributed by atoms with Crippen molar-refractivity contribution in [3.8, 4) is 0 Å². The summed E-state index contributed by atoms with van der Waals surface area (Å²) < 4.78 is 12.2. The summed E-state index contributed by atoms with van der Waals surface area (Å²) in [5.74, 6) is 1.42. The smallest absolute Gasteiger partial charge is 0.182 e. The fraction of sp³-hybridized carbons (Fsp3) is 0.767. The van der Waals surface area contributed by atoms with Gasteiger partial charge in [-0.15, -0.1) is 11.8 Å². The van der Waals surface area contributed by atoms with Crippen molar-refractivity contribution in [2.24, 2.45) is 11.3 Å². The summed E-state index contributed by atoms with van der Waals surface area (Å²) in [6.45, 7) is 24.0. The number of unbranched alkanes of at least 4 members (excludes halogenated alkanes) is 1. The van der Waals surface area contributed by atoms with Crippen LogP contribution >= 0.6 is 11.8 Å². The monoisotopic (exact) mass is 520 g/mol. The predicted octanol–water partition coefficient (Wildman–Crippen LogP) is 8.30. The summed E-state index contributed by atoms with van der Waals surface area (Å²) in [5.41, 5.74) is 3.39. The summed E-state index contributed by atoms with van der Waals surface area (Å²) in [4.78, 5) is 21.7. The number of ether oxygens (including phenoxy) is 2. The van der Waals surface area contributed by atoms with Crippen molar-refractivity contribution in [3.63, 3.8) is 0 Å². The minimum atomic E-state index is -0.127. The van der Waals surface area contributed by atoms with Gasteiger partial charge in [-0.3, -0.25) is 9.78 Å². The predicted molar refractivity (Wildman–Crippen MR) is 155 cm³/mol. The lowest BCUT2D eigenvalue weighted by atomic mass is 9.87. The number of hydrogen-bond donors (Lipinski definition) is 0. The molecule has 1 aliphatic heterocycles. The van der Waals surface area contributed by atoms with Gasteiger partial charge in [-0.25, -0.2) is 4.98 Å². The number of rotatable bonds is 10. The SMILES string of the molecule is C/C(=C\c1ncc(C(=O)CCCC(OC(C)C)C2COC(C)(C)SC2)nc1C)C(C)(C)C.CCCC. The second-order valence-electron chi connectivity index (χ2n) is 11.6. The maximum absolute atomic E-state index is 12.8. The Bertz CT molecular complexity index is 831. The molecule has 0 aliphatic carbocycles. The summed E-state index contributed by atoms with van der Waals surface area (Å²) in [5, 5.41) is 0. The summed E-state index contributed by atoms with van der Waals surface area (Å²) in [6, 6.07) is 0. The van der Waals surface area contributed by atoms with Crippen LogP contribution in [0.25, 0.3) is 6.08 Å². The van der Waals surface area contributed by atoms with Crippen molar-refractivity contribution >= 4 is 23.6 Å². The summed E-state index contributed by atoms with van der Waals surface area (Å²) in [6.07, 6.45) is 8.65. The first kappa shape index (κ1) is 32.8. The molecule has 2 heterocycles. The van der Waals surface area contributed by atoms with E-state index in [1.165, 1.54) is 18.4 Å². The van der Waals surface area contributed by atoms with Crippen molar-refractivity contribution < 1.29 is 14.3 Å². The summed E-state index contributed by atoms with van der Waals surface area (Å²) in [7, 11) is 0. The highest BCUT2D eigenvalue weighted by molar-refractivity contribution is 8.00. The molecule has 5 nitrogen and oxygen atoms in total. The Labute approximate surface area is 225 Å². The largest absolute Gasteiger partial charge is 0.375 e. The van der Waals surface area contributed by atoms with Crippen molar-refractivity contribution in [3.05, 3.63) is 28.9 Å². The van der Waals surface area contributed by atoms with E-state index in [2.05, 4.69) is 85.3 Å². The molecule has 1 saturated heterocycles. The van der Waals surface area contributed by atoms with Crippen molar-refractivity contribution in [1.29, 1.82) is 0 Å². The van der Waals surface area contributed by atoms with Gasteiger partial charge in [-0.2, -0.15) is 0 Å². The minimum absolute atomic E-state index is 0.0439. The Kier molecular flexibility index (Phi) is 13.9. The van der Waals surface area contributed by atoms with Gasteiger partial charge in [0.05, 0.1) is 36.4 Å². The molecule has 1 fully saturated rings. The van der Waals surface area contributed by atoms with E-state index in [1.54, 1.807) is 6.20 Å². The van der Waals surface area contributed by atoms with Crippen LogP contribution in [-0.4, -0.2) is 45.3 Å². The highest BCUT2D eigenvalue weighted by atomic mass is 32.2. The van der Waals surface area contributed by atoms with E-state index in [0.717, 1.165) is 30.0 Å². The molecule has 0 N–H and O–H groups in total. The molecule has 2 rings (SSSR count). The second-order valence-corrected chi connectivity index (χ2v) is 13.2. The molecule has 0 amide bonds. The lowest BCUT2D eigenvalue weighted by molar-refractivity contribution is -0.0676. The number of Topliss-reactive ketones (excluding diaryl/α,β-unsaturated/α-hetero) is 1. The Balaban J connectivity index is 0.00000150. The van der Waals surface area contributed by atoms with E-state index in [9.17, 15) is 4.79 Å². The normalized spacial score (nSPS) is 19.0. The third-order valence-electron chi connectivity index (χ3n) is 6.46.